The van der Waals surface area contributed by atoms with E-state index in [-0.39, 0.29) is 17.6 Å². The second-order valence-electron chi connectivity index (χ2n) is 7.74. The number of carboxylic acid groups (broad SMARTS) is 1. The number of aromatic nitrogens is 3. The van der Waals surface area contributed by atoms with Gasteiger partial charge in [-0.15, -0.1) is 0 Å². The van der Waals surface area contributed by atoms with Crippen molar-refractivity contribution in [1.82, 2.24) is 25.4 Å². The molecule has 1 unspecified atom stereocenters. The minimum atomic E-state index is -1.03. The molecular weight excluding hydrogens is 414 g/mol. The average Bonchev–Trinajstić information content (AvgIpc) is 3.47. The third kappa shape index (κ3) is 3.54. The fourth-order valence-corrected chi connectivity index (χ4v) is 4.23. The number of hydrogen-bond donors (Lipinski definition) is 3. The average molecular weight is 435 g/mol. The maximum Gasteiger partial charge on any atom is 0.404 e. The smallest absolute Gasteiger partial charge is 0.404 e. The van der Waals surface area contributed by atoms with E-state index < -0.39 is 6.09 Å². The number of ether oxygens (including phenoxy) is 2. The number of aromatic amines is 1. The second kappa shape index (κ2) is 7.97. The first-order chi connectivity index (χ1) is 15.5. The Labute approximate surface area is 182 Å². The first kappa shape index (κ1) is 20.0. The van der Waals surface area contributed by atoms with E-state index in [4.69, 9.17) is 14.6 Å². The maximum absolute atomic E-state index is 13.0. The highest BCUT2D eigenvalue weighted by molar-refractivity contribution is 6.15. The summed E-state index contributed by atoms with van der Waals surface area (Å²) >= 11 is 0. The highest BCUT2D eigenvalue weighted by Crippen LogP contribution is 2.41. The van der Waals surface area contributed by atoms with E-state index in [0.717, 1.165) is 23.9 Å². The van der Waals surface area contributed by atoms with Gasteiger partial charge in [0.2, 0.25) is 5.78 Å². The van der Waals surface area contributed by atoms with Crippen LogP contribution in [0.1, 0.15) is 28.0 Å². The highest BCUT2D eigenvalue weighted by atomic mass is 16.5. The van der Waals surface area contributed by atoms with Crippen LogP contribution in [-0.4, -0.2) is 63.3 Å². The summed E-state index contributed by atoms with van der Waals surface area (Å²) in [7, 11) is 1.57. The number of carbonyl (C=O) groups excluding carboxylic acids is 1. The topological polar surface area (TPSA) is 130 Å². The monoisotopic (exact) mass is 435 g/mol. The van der Waals surface area contributed by atoms with Gasteiger partial charge in [-0.05, 0) is 30.7 Å². The molecule has 10 heteroatoms. The van der Waals surface area contributed by atoms with Gasteiger partial charge in [-0.3, -0.25) is 14.8 Å². The molecule has 4 heterocycles. The molecule has 2 aromatic heterocycles. The first-order valence-corrected chi connectivity index (χ1v) is 10.2. The van der Waals surface area contributed by atoms with Crippen molar-refractivity contribution in [3.8, 4) is 11.5 Å². The zero-order chi connectivity index (χ0) is 22.2. The van der Waals surface area contributed by atoms with Crippen molar-refractivity contribution in [2.75, 3.05) is 20.2 Å². The number of benzene rings is 1. The van der Waals surface area contributed by atoms with Crippen LogP contribution in [0.15, 0.2) is 36.2 Å². The number of allylic oxidation sites excluding steroid dienone is 1. The lowest BCUT2D eigenvalue weighted by Gasteiger charge is -2.19. The molecule has 1 amide bonds. The molecule has 2 aliphatic heterocycles. The number of amides is 1. The fourth-order valence-electron chi connectivity index (χ4n) is 4.23. The Hall–Kier alpha value is -3.92. The molecule has 0 aliphatic carbocycles. The summed E-state index contributed by atoms with van der Waals surface area (Å²) in [4.78, 5) is 30.3. The van der Waals surface area contributed by atoms with Crippen molar-refractivity contribution in [3.63, 3.8) is 0 Å². The highest BCUT2D eigenvalue weighted by Gasteiger charge is 2.33. The summed E-state index contributed by atoms with van der Waals surface area (Å²) in [6.07, 6.45) is 2.97. The summed E-state index contributed by atoms with van der Waals surface area (Å²) in [6.45, 7) is 1.77. The number of nitrogens with zero attached hydrogens (tertiary/aromatic N) is 3. The Morgan fingerprint density at radius 2 is 2.31 bits per heavy atom. The first-order valence-electron chi connectivity index (χ1n) is 10.2. The predicted octanol–water partition coefficient (Wildman–Crippen LogP) is 2.42. The van der Waals surface area contributed by atoms with E-state index in [9.17, 15) is 9.59 Å². The van der Waals surface area contributed by atoms with Gasteiger partial charge in [0.1, 0.15) is 11.5 Å². The zero-order valence-electron chi connectivity index (χ0n) is 17.3. The van der Waals surface area contributed by atoms with Gasteiger partial charge in [0, 0.05) is 43.3 Å². The summed E-state index contributed by atoms with van der Waals surface area (Å²) in [6, 6.07) is 7.00. The molecule has 10 nitrogen and oxygen atoms in total. The van der Waals surface area contributed by atoms with Crippen molar-refractivity contribution in [1.29, 1.82) is 0 Å². The lowest BCUT2D eigenvalue weighted by molar-refractivity contribution is 0.101. The number of ketones is 1. The maximum atomic E-state index is 13.0. The van der Waals surface area contributed by atoms with E-state index in [1.165, 1.54) is 0 Å². The summed E-state index contributed by atoms with van der Waals surface area (Å²) in [5.41, 5.74) is 2.42. The van der Waals surface area contributed by atoms with Crippen LogP contribution in [0.25, 0.3) is 17.1 Å². The van der Waals surface area contributed by atoms with Gasteiger partial charge in [-0.2, -0.15) is 5.10 Å². The molecule has 0 bridgehead atoms. The minimum Gasteiger partial charge on any atom is -0.496 e. The van der Waals surface area contributed by atoms with Crippen LogP contribution in [0, 0.1) is 0 Å². The van der Waals surface area contributed by atoms with Crippen LogP contribution >= 0.6 is 0 Å². The third-order valence-electron chi connectivity index (χ3n) is 5.73. The van der Waals surface area contributed by atoms with E-state index in [0.29, 0.717) is 41.5 Å². The predicted molar refractivity (Wildman–Crippen MR) is 115 cm³/mol. The number of Topliss-reactive ketones (excluding diaryl/α,β-unsaturated/α-hetero) is 1. The van der Waals surface area contributed by atoms with Gasteiger partial charge < -0.3 is 19.9 Å². The molecule has 1 aromatic carbocycles. The van der Waals surface area contributed by atoms with E-state index in [1.807, 2.05) is 6.07 Å². The molecule has 1 saturated heterocycles. The quantitative estimate of drug-likeness (QED) is 0.521. The van der Waals surface area contributed by atoms with Crippen molar-refractivity contribution < 1.29 is 24.2 Å². The van der Waals surface area contributed by atoms with Crippen LogP contribution in [0.4, 0.5) is 4.79 Å². The van der Waals surface area contributed by atoms with Gasteiger partial charge in [0.15, 0.2) is 11.4 Å². The minimum absolute atomic E-state index is 0.130. The number of hydrogen-bond acceptors (Lipinski definition) is 7. The van der Waals surface area contributed by atoms with E-state index >= 15 is 0 Å². The Morgan fingerprint density at radius 1 is 1.44 bits per heavy atom. The van der Waals surface area contributed by atoms with Gasteiger partial charge in [-0.1, -0.05) is 0 Å². The number of rotatable bonds is 5. The molecule has 0 radical (unpaired) electrons. The molecule has 164 valence electrons. The number of methoxy groups -OCH3 is 1. The normalized spacial score (nSPS) is 19.3. The van der Waals surface area contributed by atoms with E-state index in [1.54, 1.807) is 37.6 Å². The molecule has 2 aliphatic rings. The van der Waals surface area contributed by atoms with Crippen LogP contribution in [-0.2, 0) is 6.54 Å². The number of likely N-dealkylation sites (tertiary alicyclic amines) is 1. The van der Waals surface area contributed by atoms with Gasteiger partial charge >= 0.3 is 6.09 Å². The van der Waals surface area contributed by atoms with Crippen LogP contribution in [0.3, 0.4) is 0 Å². The van der Waals surface area contributed by atoms with Gasteiger partial charge in [-0.25, -0.2) is 9.78 Å². The summed E-state index contributed by atoms with van der Waals surface area (Å²) < 4.78 is 11.6. The second-order valence-corrected chi connectivity index (χ2v) is 7.74. The largest absolute Gasteiger partial charge is 0.496 e. The van der Waals surface area contributed by atoms with E-state index in [2.05, 4.69) is 25.4 Å². The number of H-pyrrole nitrogens is 1. The Balaban J connectivity index is 1.44. The van der Waals surface area contributed by atoms with Crippen LogP contribution in [0.5, 0.6) is 11.5 Å². The molecule has 32 heavy (non-hydrogen) atoms. The molecule has 0 saturated carbocycles. The van der Waals surface area contributed by atoms with Crippen molar-refractivity contribution in [3.05, 3.63) is 53.0 Å². The van der Waals surface area contributed by atoms with Crippen molar-refractivity contribution >= 4 is 29.0 Å². The molecule has 1 atom stereocenters. The van der Waals surface area contributed by atoms with Gasteiger partial charge in [0.25, 0.3) is 0 Å². The molecule has 3 N–H and O–H groups in total. The molecule has 0 spiro atoms. The molecular formula is C22H21N5O5. The number of pyridine rings is 1. The summed E-state index contributed by atoms with van der Waals surface area (Å²) in [5, 5.41) is 19.4. The Morgan fingerprint density at radius 3 is 3.12 bits per heavy atom. The number of nitrogens with one attached hydrogen (secondary N) is 2. The standard InChI is InChI=1S/C22H21N5O5/c1-31-17-5-4-14-19(28)18(9-16-13-3-2-7-23-21(13)26-25-16)32-20(14)15(17)11-27-8-6-12(10-27)24-22(29)30/h2-5,7,9,12,24H,6,8,10-11H2,1H3,(H,29,30)(H,23,25,26). The van der Waals surface area contributed by atoms with Crippen LogP contribution < -0.4 is 14.8 Å². The fraction of sp³-hybridized carbons (Fsp3) is 0.273. The lowest BCUT2D eigenvalue weighted by Crippen LogP contribution is -2.35. The molecule has 3 aromatic rings. The van der Waals surface area contributed by atoms with Crippen molar-refractivity contribution in [2.24, 2.45) is 0 Å². The number of carbonyl (C=O) groups is 2. The van der Waals surface area contributed by atoms with Crippen LogP contribution in [0.2, 0.25) is 0 Å². The Bertz CT molecular complexity index is 1250. The van der Waals surface area contributed by atoms with Gasteiger partial charge in [0.05, 0.1) is 23.9 Å². The van der Waals surface area contributed by atoms with Crippen molar-refractivity contribution in [2.45, 2.75) is 19.0 Å². The molecule has 5 rings (SSSR count). The molecule has 1 fully saturated rings. The SMILES string of the molecule is COc1ccc2c(c1CN1CCC(NC(=O)O)C1)OC(=Cc1n[nH]c3ncccc13)C2=O. The number of fused-ring (bicyclic) bond motifs is 2. The summed E-state index contributed by atoms with van der Waals surface area (Å²) in [5.74, 6) is 1.03. The zero-order valence-corrected chi connectivity index (χ0v) is 17.3. The Kier molecular flexibility index (Phi) is 4.98. The third-order valence-corrected chi connectivity index (χ3v) is 5.73. The lowest BCUT2D eigenvalue weighted by atomic mass is 10.0.